The Balaban J connectivity index is 1.59. The summed E-state index contributed by atoms with van der Waals surface area (Å²) in [5, 5.41) is 65.8. The van der Waals surface area contributed by atoms with Gasteiger partial charge in [0, 0.05) is 28.3 Å². The van der Waals surface area contributed by atoms with Crippen molar-refractivity contribution in [3.63, 3.8) is 0 Å². The van der Waals surface area contributed by atoms with Crippen molar-refractivity contribution in [1.82, 2.24) is 0 Å². The zero-order chi connectivity index (χ0) is 47.1. The molecule has 0 aliphatic carbocycles. The summed E-state index contributed by atoms with van der Waals surface area (Å²) in [6.45, 7) is 0. The molecule has 0 saturated carbocycles. The monoisotopic (exact) mass is 982 g/mol. The number of phenols is 2. The van der Waals surface area contributed by atoms with E-state index in [1.54, 1.807) is 18.2 Å². The summed E-state index contributed by atoms with van der Waals surface area (Å²) in [5.41, 5.74) is 0.841. The molecule has 0 heterocycles. The van der Waals surface area contributed by atoms with Crippen LogP contribution >= 0.6 is 12.0 Å². The number of hydrogen-bond donors (Lipinski definition) is 8. The molecule has 0 aliphatic rings. The number of fused-ring (bicyclic) bond motifs is 2. The molecule has 6 rings (SSSR count). The van der Waals surface area contributed by atoms with Gasteiger partial charge in [0.1, 0.15) is 48.0 Å². The molecule has 6 aromatic rings. The van der Waals surface area contributed by atoms with Crippen molar-refractivity contribution >= 4 is 120 Å². The lowest BCUT2D eigenvalue weighted by Gasteiger charge is -2.15. The van der Waals surface area contributed by atoms with Crippen molar-refractivity contribution in [1.29, 1.82) is 0 Å². The standard InChI is InChI=1S/C32H22N8O19S5/c33-27-21(37-36-20-9-7-16-17(32(20)64(55,56)57)12-25(63(52,53)54)29(30(16)41)39-34-14-4-2-1-3-5-14)13-23(61(46,47)48)18-11-22(60-59-58-45)28(31(42)26(18)27)38-35-19-8-6-15(40(43)44)10-24(19)62(49,50)51/h1-13,41-42,45H,33H2,(H,46,47,48)(H,49,50,51)(H,52,53,54)(H,55,56,57). The maximum Gasteiger partial charge on any atom is 0.297 e. The molecule has 64 heavy (non-hydrogen) atoms. The third-order valence-electron chi connectivity index (χ3n) is 8.43. The van der Waals surface area contributed by atoms with Gasteiger partial charge in [0.15, 0.2) is 11.5 Å². The first-order valence-electron chi connectivity index (χ1n) is 16.4. The SMILES string of the molecule is Nc1c(N=Nc2ccc3c(O)c(N=Nc4ccccc4)c(S(=O)(=O)O)cc3c2S(=O)(=O)O)cc(S(=O)(=O)O)c2cc(SOOO)c(N=Nc3ccc([N+](=O)[O-])cc3S(=O)(=O)O)c(O)c12. The molecule has 0 bridgehead atoms. The average molecular weight is 983 g/mol. The van der Waals surface area contributed by atoms with Crippen LogP contribution in [0.2, 0.25) is 0 Å². The Kier molecular flexibility index (Phi) is 12.8. The summed E-state index contributed by atoms with van der Waals surface area (Å²) >= 11 is 0.00984. The van der Waals surface area contributed by atoms with Gasteiger partial charge in [-0.1, -0.05) is 23.2 Å². The van der Waals surface area contributed by atoms with Gasteiger partial charge in [0.25, 0.3) is 46.2 Å². The van der Waals surface area contributed by atoms with E-state index in [-0.39, 0.29) is 17.7 Å². The van der Waals surface area contributed by atoms with Crippen LogP contribution < -0.4 is 5.73 Å². The third kappa shape index (κ3) is 9.61. The highest BCUT2D eigenvalue weighted by molar-refractivity contribution is 7.94. The normalized spacial score (nSPS) is 13.0. The number of nitro benzene ring substituents is 1. The number of benzene rings is 6. The predicted molar refractivity (Wildman–Crippen MR) is 218 cm³/mol. The fourth-order valence-electron chi connectivity index (χ4n) is 5.76. The number of anilines is 1. The van der Waals surface area contributed by atoms with Crippen molar-refractivity contribution < 1.29 is 81.6 Å². The lowest BCUT2D eigenvalue weighted by Crippen LogP contribution is -2.03. The number of aromatic hydroxyl groups is 2. The second kappa shape index (κ2) is 17.5. The zero-order valence-electron chi connectivity index (χ0n) is 30.8. The van der Waals surface area contributed by atoms with E-state index in [2.05, 4.69) is 40.1 Å². The van der Waals surface area contributed by atoms with E-state index in [4.69, 9.17) is 11.0 Å². The quantitative estimate of drug-likeness (QED) is 0.00992. The largest absolute Gasteiger partial charge is 0.505 e. The number of hydrogen-bond acceptors (Lipinski definition) is 23. The van der Waals surface area contributed by atoms with Gasteiger partial charge >= 0.3 is 0 Å². The van der Waals surface area contributed by atoms with Crippen molar-refractivity contribution in [3.05, 3.63) is 89.0 Å². The molecule has 27 nitrogen and oxygen atoms in total. The van der Waals surface area contributed by atoms with E-state index in [1.165, 1.54) is 12.1 Å². The number of azo groups is 3. The van der Waals surface area contributed by atoms with Crippen LogP contribution in [-0.4, -0.2) is 72.3 Å². The van der Waals surface area contributed by atoms with E-state index in [9.17, 15) is 72.2 Å². The van der Waals surface area contributed by atoms with Crippen LogP contribution in [0.3, 0.4) is 0 Å². The molecule has 0 fully saturated rings. The number of nitrogen functional groups attached to an aromatic ring is 1. The molecule has 0 aromatic heterocycles. The van der Waals surface area contributed by atoms with Gasteiger partial charge < -0.3 is 15.9 Å². The van der Waals surface area contributed by atoms with Gasteiger partial charge in [-0.15, -0.1) is 29.9 Å². The minimum Gasteiger partial charge on any atom is -0.505 e. The highest BCUT2D eigenvalue weighted by atomic mass is 32.2. The fraction of sp³-hybridized carbons (Fsp3) is 0. The van der Waals surface area contributed by atoms with Crippen LogP contribution in [0.15, 0.2) is 134 Å². The first-order valence-corrected chi connectivity index (χ1v) is 22.9. The topological polar surface area (TPSA) is 440 Å². The molecular weight excluding hydrogens is 961 g/mol. The highest BCUT2D eigenvalue weighted by Gasteiger charge is 2.30. The Morgan fingerprint density at radius 1 is 0.594 bits per heavy atom. The van der Waals surface area contributed by atoms with Crippen LogP contribution in [0, 0.1) is 10.1 Å². The second-order valence-electron chi connectivity index (χ2n) is 12.4. The fourth-order valence-corrected chi connectivity index (χ4v) is 9.06. The van der Waals surface area contributed by atoms with Gasteiger partial charge in [-0.05, 0) is 48.5 Å². The van der Waals surface area contributed by atoms with Crippen LogP contribution in [-0.2, 0) is 49.8 Å². The zero-order valence-corrected chi connectivity index (χ0v) is 34.9. The number of non-ortho nitro benzene ring substituents is 1. The van der Waals surface area contributed by atoms with E-state index in [0.29, 0.717) is 18.2 Å². The molecule has 0 atom stereocenters. The Bertz CT molecular complexity index is 3500. The smallest absolute Gasteiger partial charge is 0.297 e. The summed E-state index contributed by atoms with van der Waals surface area (Å²) in [7, 11) is -21.5. The number of nitrogens with zero attached hydrogens (tertiary/aromatic N) is 7. The van der Waals surface area contributed by atoms with E-state index < -0.39 is 143 Å². The van der Waals surface area contributed by atoms with Gasteiger partial charge in [-0.25, -0.2) is 5.26 Å². The maximum absolute atomic E-state index is 12.9. The van der Waals surface area contributed by atoms with Gasteiger partial charge in [-0.2, -0.15) is 38.8 Å². The molecule has 0 amide bonds. The molecule has 0 saturated heterocycles. The Hall–Kier alpha value is -6.69. The summed E-state index contributed by atoms with van der Waals surface area (Å²) < 4.78 is 145. The molecule has 0 spiro atoms. The minimum absolute atomic E-state index is 0.00984. The van der Waals surface area contributed by atoms with Crippen molar-refractivity contribution in [2.24, 2.45) is 30.7 Å². The van der Waals surface area contributed by atoms with Gasteiger partial charge in [-0.3, -0.25) is 28.3 Å². The van der Waals surface area contributed by atoms with Crippen LogP contribution in [0.1, 0.15) is 0 Å². The molecule has 0 unspecified atom stereocenters. The van der Waals surface area contributed by atoms with Crippen molar-refractivity contribution in [2.75, 3.05) is 5.73 Å². The molecule has 0 aliphatic heterocycles. The Morgan fingerprint density at radius 3 is 1.78 bits per heavy atom. The van der Waals surface area contributed by atoms with Gasteiger partial charge in [0.2, 0.25) is 0 Å². The Morgan fingerprint density at radius 2 is 1.19 bits per heavy atom. The predicted octanol–water partition coefficient (Wildman–Crippen LogP) is 7.56. The number of rotatable bonds is 14. The van der Waals surface area contributed by atoms with Crippen LogP contribution in [0.5, 0.6) is 11.5 Å². The highest BCUT2D eigenvalue weighted by Crippen LogP contribution is 2.51. The molecule has 6 aromatic carbocycles. The Labute approximate surface area is 361 Å². The third-order valence-corrected chi connectivity index (χ3v) is 12.6. The first kappa shape index (κ1) is 46.8. The van der Waals surface area contributed by atoms with Crippen LogP contribution in [0.25, 0.3) is 21.5 Å². The summed E-state index contributed by atoms with van der Waals surface area (Å²) in [6, 6.07) is 13.2. The summed E-state index contributed by atoms with van der Waals surface area (Å²) in [4.78, 5) is 5.04. The van der Waals surface area contributed by atoms with Crippen molar-refractivity contribution in [2.45, 2.75) is 24.5 Å². The van der Waals surface area contributed by atoms with E-state index in [1.807, 2.05) is 0 Å². The number of nitrogens with two attached hydrogens (primary N) is 1. The average Bonchev–Trinajstić information content (AvgIpc) is 3.20. The van der Waals surface area contributed by atoms with Crippen molar-refractivity contribution in [3.8, 4) is 11.5 Å². The summed E-state index contributed by atoms with van der Waals surface area (Å²) in [6.07, 6.45) is 0. The molecular formula is C32H22N8O19S5. The first-order chi connectivity index (χ1) is 29.8. The lowest BCUT2D eigenvalue weighted by molar-refractivity contribution is -0.432. The lowest BCUT2D eigenvalue weighted by atomic mass is 10.0. The molecule has 9 N–H and O–H groups in total. The second-order valence-corrected chi connectivity index (χ2v) is 18.6. The number of phenolic OH excluding ortho intramolecular Hbond substituents is 2. The molecule has 32 heteroatoms. The minimum atomic E-state index is -5.52. The van der Waals surface area contributed by atoms with E-state index >= 15 is 0 Å². The maximum atomic E-state index is 12.9. The number of nitro groups is 1. The molecule has 334 valence electrons. The van der Waals surface area contributed by atoms with E-state index in [0.717, 1.165) is 30.3 Å². The van der Waals surface area contributed by atoms with Gasteiger partial charge in [0.05, 0.1) is 38.6 Å². The summed E-state index contributed by atoms with van der Waals surface area (Å²) in [5.74, 6) is -2.22. The van der Waals surface area contributed by atoms with Crippen LogP contribution in [0.4, 0.5) is 45.5 Å². The molecule has 0 radical (unpaired) electrons.